The van der Waals surface area contributed by atoms with Crippen molar-refractivity contribution in [2.75, 3.05) is 34.4 Å². The first-order valence-electron chi connectivity index (χ1n) is 8.27. The van der Waals surface area contributed by atoms with Gasteiger partial charge in [0, 0.05) is 18.7 Å². The Kier molecular flexibility index (Phi) is 6.69. The van der Waals surface area contributed by atoms with Crippen molar-refractivity contribution < 1.29 is 19.0 Å². The standard InChI is InChI=1S/C20H25NO4/c1-5-21(12-11-15-9-7-6-8-10-15)20(22)16-13-17(23-2)19(25-4)18(14-16)24-3/h6-10,13-14H,5,11-12H2,1-4H3. The highest BCUT2D eigenvalue weighted by molar-refractivity contribution is 5.95. The molecule has 0 unspecified atom stereocenters. The minimum atomic E-state index is -0.0577. The Morgan fingerprint density at radius 2 is 1.56 bits per heavy atom. The van der Waals surface area contributed by atoms with E-state index in [9.17, 15) is 4.79 Å². The van der Waals surface area contributed by atoms with E-state index < -0.39 is 0 Å². The van der Waals surface area contributed by atoms with Crippen molar-refractivity contribution in [3.63, 3.8) is 0 Å². The molecule has 0 aromatic heterocycles. The van der Waals surface area contributed by atoms with Crippen LogP contribution < -0.4 is 14.2 Å². The Hall–Kier alpha value is -2.69. The molecular formula is C20H25NO4. The van der Waals surface area contributed by atoms with Gasteiger partial charge in [0.25, 0.3) is 5.91 Å². The van der Waals surface area contributed by atoms with Crippen molar-refractivity contribution >= 4 is 5.91 Å². The summed E-state index contributed by atoms with van der Waals surface area (Å²) < 4.78 is 16.0. The van der Waals surface area contributed by atoms with Gasteiger partial charge < -0.3 is 19.1 Å². The van der Waals surface area contributed by atoms with E-state index in [-0.39, 0.29) is 5.91 Å². The van der Waals surface area contributed by atoms with Crippen LogP contribution in [0.4, 0.5) is 0 Å². The van der Waals surface area contributed by atoms with E-state index in [1.165, 1.54) is 5.56 Å². The SMILES string of the molecule is CCN(CCc1ccccc1)C(=O)c1cc(OC)c(OC)c(OC)c1. The molecule has 0 aliphatic carbocycles. The third kappa shape index (κ3) is 4.44. The van der Waals surface area contributed by atoms with E-state index in [2.05, 4.69) is 12.1 Å². The normalized spacial score (nSPS) is 10.2. The third-order valence-electron chi connectivity index (χ3n) is 4.09. The molecule has 0 radical (unpaired) electrons. The van der Waals surface area contributed by atoms with Gasteiger partial charge in [-0.2, -0.15) is 0 Å². The largest absolute Gasteiger partial charge is 0.493 e. The lowest BCUT2D eigenvalue weighted by atomic mass is 10.1. The molecule has 2 aromatic rings. The van der Waals surface area contributed by atoms with Gasteiger partial charge in [-0.3, -0.25) is 4.79 Å². The molecule has 0 fully saturated rings. The number of amides is 1. The molecule has 2 aromatic carbocycles. The van der Waals surface area contributed by atoms with Crippen LogP contribution in [0.3, 0.4) is 0 Å². The van der Waals surface area contributed by atoms with E-state index in [1.807, 2.05) is 30.0 Å². The smallest absolute Gasteiger partial charge is 0.254 e. The predicted octanol–water partition coefficient (Wildman–Crippen LogP) is 3.42. The van der Waals surface area contributed by atoms with E-state index in [0.29, 0.717) is 35.9 Å². The first-order valence-corrected chi connectivity index (χ1v) is 8.27. The molecule has 0 bridgehead atoms. The molecule has 0 saturated heterocycles. The summed E-state index contributed by atoms with van der Waals surface area (Å²) in [6.45, 7) is 3.25. The Balaban J connectivity index is 2.21. The van der Waals surface area contributed by atoms with Crippen molar-refractivity contribution in [3.8, 4) is 17.2 Å². The molecule has 2 rings (SSSR count). The number of nitrogens with zero attached hydrogens (tertiary/aromatic N) is 1. The number of methoxy groups -OCH3 is 3. The molecule has 134 valence electrons. The number of ether oxygens (including phenoxy) is 3. The minimum absolute atomic E-state index is 0.0577. The molecule has 1 amide bonds. The van der Waals surface area contributed by atoms with Gasteiger partial charge in [0.05, 0.1) is 21.3 Å². The van der Waals surface area contributed by atoms with Crippen molar-refractivity contribution in [2.24, 2.45) is 0 Å². The quantitative estimate of drug-likeness (QED) is 0.737. The summed E-state index contributed by atoms with van der Waals surface area (Å²) in [5.74, 6) is 1.38. The van der Waals surface area contributed by atoms with Gasteiger partial charge >= 0.3 is 0 Å². The van der Waals surface area contributed by atoms with Crippen LogP contribution in [0.15, 0.2) is 42.5 Å². The molecule has 0 spiro atoms. The molecular weight excluding hydrogens is 318 g/mol. The van der Waals surface area contributed by atoms with Gasteiger partial charge in [0.1, 0.15) is 0 Å². The Morgan fingerprint density at radius 3 is 2.04 bits per heavy atom. The second-order valence-electron chi connectivity index (χ2n) is 5.53. The second-order valence-corrected chi connectivity index (χ2v) is 5.53. The molecule has 5 nitrogen and oxygen atoms in total. The van der Waals surface area contributed by atoms with E-state index in [1.54, 1.807) is 33.5 Å². The number of carbonyl (C=O) groups is 1. The van der Waals surface area contributed by atoms with E-state index >= 15 is 0 Å². The molecule has 0 saturated carbocycles. The molecule has 0 aliphatic heterocycles. The van der Waals surface area contributed by atoms with Crippen LogP contribution >= 0.6 is 0 Å². The summed E-state index contributed by atoms with van der Waals surface area (Å²) in [6, 6.07) is 13.5. The minimum Gasteiger partial charge on any atom is -0.493 e. The van der Waals surface area contributed by atoms with Crippen molar-refractivity contribution in [1.29, 1.82) is 0 Å². The zero-order valence-electron chi connectivity index (χ0n) is 15.2. The number of benzene rings is 2. The van der Waals surface area contributed by atoms with Gasteiger partial charge in [-0.15, -0.1) is 0 Å². The van der Waals surface area contributed by atoms with Gasteiger partial charge in [-0.25, -0.2) is 0 Å². The van der Waals surface area contributed by atoms with Crippen LogP contribution in [0.2, 0.25) is 0 Å². The highest BCUT2D eigenvalue weighted by atomic mass is 16.5. The Bertz CT molecular complexity index is 675. The van der Waals surface area contributed by atoms with Crippen molar-refractivity contribution in [2.45, 2.75) is 13.3 Å². The maximum Gasteiger partial charge on any atom is 0.254 e. The molecule has 0 heterocycles. The van der Waals surface area contributed by atoms with Crippen LogP contribution in [-0.4, -0.2) is 45.2 Å². The number of carbonyl (C=O) groups excluding carboxylic acids is 1. The van der Waals surface area contributed by atoms with Crippen LogP contribution in [0.5, 0.6) is 17.2 Å². The molecule has 0 atom stereocenters. The number of hydrogen-bond acceptors (Lipinski definition) is 4. The Morgan fingerprint density at radius 1 is 0.960 bits per heavy atom. The lowest BCUT2D eigenvalue weighted by molar-refractivity contribution is 0.0765. The monoisotopic (exact) mass is 343 g/mol. The van der Waals surface area contributed by atoms with E-state index in [0.717, 1.165) is 6.42 Å². The average molecular weight is 343 g/mol. The van der Waals surface area contributed by atoms with Gasteiger partial charge in [-0.1, -0.05) is 30.3 Å². The zero-order valence-corrected chi connectivity index (χ0v) is 15.2. The van der Waals surface area contributed by atoms with Gasteiger partial charge in [0.2, 0.25) is 5.75 Å². The average Bonchev–Trinajstić information content (AvgIpc) is 2.67. The topological polar surface area (TPSA) is 48.0 Å². The fourth-order valence-electron chi connectivity index (χ4n) is 2.70. The summed E-state index contributed by atoms with van der Waals surface area (Å²) in [6.07, 6.45) is 0.810. The van der Waals surface area contributed by atoms with Crippen LogP contribution in [-0.2, 0) is 6.42 Å². The fourth-order valence-corrected chi connectivity index (χ4v) is 2.70. The van der Waals surface area contributed by atoms with Crippen LogP contribution in [0.1, 0.15) is 22.8 Å². The lowest BCUT2D eigenvalue weighted by Gasteiger charge is -2.22. The molecule has 5 heteroatoms. The van der Waals surface area contributed by atoms with Crippen LogP contribution in [0, 0.1) is 0 Å². The fraction of sp³-hybridized carbons (Fsp3) is 0.350. The summed E-state index contributed by atoms with van der Waals surface area (Å²) in [4.78, 5) is 14.7. The molecule has 0 N–H and O–H groups in total. The number of hydrogen-bond donors (Lipinski definition) is 0. The third-order valence-corrected chi connectivity index (χ3v) is 4.09. The lowest BCUT2D eigenvalue weighted by Crippen LogP contribution is -2.32. The molecule has 25 heavy (non-hydrogen) atoms. The first kappa shape index (κ1) is 18.6. The highest BCUT2D eigenvalue weighted by Gasteiger charge is 2.20. The highest BCUT2D eigenvalue weighted by Crippen LogP contribution is 2.38. The summed E-state index contributed by atoms with van der Waals surface area (Å²) in [7, 11) is 4.62. The number of rotatable bonds is 8. The maximum absolute atomic E-state index is 12.9. The van der Waals surface area contributed by atoms with Gasteiger partial charge in [-0.05, 0) is 31.0 Å². The summed E-state index contributed by atoms with van der Waals surface area (Å²) >= 11 is 0. The summed E-state index contributed by atoms with van der Waals surface area (Å²) in [5.41, 5.74) is 1.73. The Labute approximate surface area is 149 Å². The first-order chi connectivity index (χ1) is 12.1. The zero-order chi connectivity index (χ0) is 18.2. The van der Waals surface area contributed by atoms with E-state index in [4.69, 9.17) is 14.2 Å². The predicted molar refractivity (Wildman–Crippen MR) is 97.8 cm³/mol. The maximum atomic E-state index is 12.9. The molecule has 0 aliphatic rings. The summed E-state index contributed by atoms with van der Waals surface area (Å²) in [5, 5.41) is 0. The van der Waals surface area contributed by atoms with Crippen molar-refractivity contribution in [1.82, 2.24) is 4.90 Å². The van der Waals surface area contributed by atoms with Gasteiger partial charge in [0.15, 0.2) is 11.5 Å². The second kappa shape index (κ2) is 8.97. The van der Waals surface area contributed by atoms with Crippen molar-refractivity contribution in [3.05, 3.63) is 53.6 Å². The number of likely N-dealkylation sites (N-methyl/N-ethyl adjacent to an activating group) is 1. The van der Waals surface area contributed by atoms with Crippen LogP contribution in [0.25, 0.3) is 0 Å².